The highest BCUT2D eigenvalue weighted by molar-refractivity contribution is 5.95. The van der Waals surface area contributed by atoms with E-state index in [9.17, 15) is 13.6 Å². The molecular formula is C20H20F2N6O2. The molecular weight excluding hydrogens is 394 g/mol. The largest absolute Gasteiger partial charge is 0.471 e. The Kier molecular flexibility index (Phi) is 5.66. The van der Waals surface area contributed by atoms with Crippen LogP contribution in [-0.2, 0) is 11.4 Å². The van der Waals surface area contributed by atoms with Crippen molar-refractivity contribution in [3.05, 3.63) is 59.5 Å². The number of rotatable bonds is 6. The zero-order valence-electron chi connectivity index (χ0n) is 16.3. The molecule has 4 rings (SSSR count). The second kappa shape index (κ2) is 8.54. The van der Waals surface area contributed by atoms with Crippen LogP contribution in [0.4, 0.5) is 14.5 Å². The van der Waals surface area contributed by atoms with Gasteiger partial charge in [0.2, 0.25) is 11.8 Å². The highest BCUT2D eigenvalue weighted by atomic mass is 19.3. The second-order valence-electron chi connectivity index (χ2n) is 6.79. The minimum atomic E-state index is -2.52. The number of aryl methyl sites for hydroxylation is 1. The normalized spacial score (nSPS) is 14.4. The molecule has 156 valence electrons. The second-order valence-corrected chi connectivity index (χ2v) is 6.79. The Morgan fingerprint density at radius 3 is 2.60 bits per heavy atom. The maximum absolute atomic E-state index is 12.8. The molecule has 1 amide bonds. The van der Waals surface area contributed by atoms with Crippen LogP contribution >= 0.6 is 0 Å². The Labute approximate surface area is 171 Å². The van der Waals surface area contributed by atoms with Gasteiger partial charge in [-0.05, 0) is 25.1 Å². The van der Waals surface area contributed by atoms with E-state index in [4.69, 9.17) is 4.74 Å². The average molecular weight is 414 g/mol. The Balaban J connectivity index is 1.46. The van der Waals surface area contributed by atoms with E-state index in [2.05, 4.69) is 20.6 Å². The van der Waals surface area contributed by atoms with Gasteiger partial charge < -0.3 is 15.0 Å². The van der Waals surface area contributed by atoms with Gasteiger partial charge in [0.05, 0.1) is 29.8 Å². The third kappa shape index (κ3) is 4.13. The first-order valence-electron chi connectivity index (χ1n) is 9.42. The molecule has 8 nitrogen and oxygen atoms in total. The van der Waals surface area contributed by atoms with E-state index in [1.165, 1.54) is 12.1 Å². The fourth-order valence-electron chi connectivity index (χ4n) is 3.15. The van der Waals surface area contributed by atoms with Gasteiger partial charge in [-0.25, -0.2) is 18.4 Å². The van der Waals surface area contributed by atoms with Gasteiger partial charge in [0.25, 0.3) is 6.43 Å². The molecule has 1 saturated heterocycles. The molecule has 1 N–H and O–H groups in total. The molecule has 1 aliphatic rings. The molecule has 10 heteroatoms. The standard InChI is InChI=1S/C20H20F2N6O2/c1-13-17(28(26-25-13)15-4-2-14(3-5-15)20(21)22)12-30-18-7-6-16(10-24-18)27-9-8-23-11-19(27)29/h2-7,10,20,23H,8-9,11-12H2,1H3. The van der Waals surface area contributed by atoms with Crippen LogP contribution in [0.3, 0.4) is 0 Å². The maximum atomic E-state index is 12.8. The van der Waals surface area contributed by atoms with E-state index in [1.807, 2.05) is 0 Å². The summed E-state index contributed by atoms with van der Waals surface area (Å²) in [5, 5.41) is 11.2. The van der Waals surface area contributed by atoms with Gasteiger partial charge in [0, 0.05) is 24.7 Å². The number of carbonyl (C=O) groups excluding carboxylic acids is 1. The fourth-order valence-corrected chi connectivity index (χ4v) is 3.15. The number of piperazine rings is 1. The maximum Gasteiger partial charge on any atom is 0.263 e. The first-order chi connectivity index (χ1) is 14.5. The van der Waals surface area contributed by atoms with Crippen molar-refractivity contribution >= 4 is 11.6 Å². The zero-order chi connectivity index (χ0) is 21.1. The number of nitrogens with one attached hydrogen (secondary N) is 1. The monoisotopic (exact) mass is 414 g/mol. The summed E-state index contributed by atoms with van der Waals surface area (Å²) < 4.78 is 32.9. The molecule has 0 atom stereocenters. The van der Waals surface area contributed by atoms with Gasteiger partial charge in [-0.3, -0.25) is 4.79 Å². The van der Waals surface area contributed by atoms with Crippen LogP contribution in [0.5, 0.6) is 5.88 Å². The van der Waals surface area contributed by atoms with Crippen molar-refractivity contribution in [3.63, 3.8) is 0 Å². The van der Waals surface area contributed by atoms with Crippen molar-refractivity contribution < 1.29 is 18.3 Å². The molecule has 0 unspecified atom stereocenters. The lowest BCUT2D eigenvalue weighted by molar-refractivity contribution is -0.118. The van der Waals surface area contributed by atoms with E-state index in [-0.39, 0.29) is 18.1 Å². The predicted molar refractivity (Wildman–Crippen MR) is 105 cm³/mol. The van der Waals surface area contributed by atoms with Crippen molar-refractivity contribution in [1.82, 2.24) is 25.3 Å². The van der Waals surface area contributed by atoms with Crippen LogP contribution in [-0.4, -0.2) is 45.5 Å². The van der Waals surface area contributed by atoms with E-state index in [0.717, 1.165) is 12.2 Å². The van der Waals surface area contributed by atoms with Gasteiger partial charge in [-0.1, -0.05) is 17.3 Å². The predicted octanol–water partition coefficient (Wildman–Crippen LogP) is 2.42. The third-order valence-electron chi connectivity index (χ3n) is 4.83. The lowest BCUT2D eigenvalue weighted by atomic mass is 10.2. The summed E-state index contributed by atoms with van der Waals surface area (Å²) in [5.41, 5.74) is 2.62. The lowest BCUT2D eigenvalue weighted by Crippen LogP contribution is -2.48. The van der Waals surface area contributed by atoms with Crippen LogP contribution in [0.15, 0.2) is 42.6 Å². The topological polar surface area (TPSA) is 85.2 Å². The number of hydrogen-bond donors (Lipinski definition) is 1. The fraction of sp³-hybridized carbons (Fsp3) is 0.300. The summed E-state index contributed by atoms with van der Waals surface area (Å²) in [7, 11) is 0. The van der Waals surface area contributed by atoms with Crippen LogP contribution < -0.4 is 15.0 Å². The Morgan fingerprint density at radius 2 is 1.93 bits per heavy atom. The molecule has 0 radical (unpaired) electrons. The van der Waals surface area contributed by atoms with Crippen LogP contribution in [0.25, 0.3) is 5.69 Å². The number of hydrogen-bond acceptors (Lipinski definition) is 6. The smallest absolute Gasteiger partial charge is 0.263 e. The summed E-state index contributed by atoms with van der Waals surface area (Å²) >= 11 is 0. The molecule has 1 aliphatic heterocycles. The SMILES string of the molecule is Cc1nnn(-c2ccc(C(F)F)cc2)c1COc1ccc(N2CCNCC2=O)cn1. The summed E-state index contributed by atoms with van der Waals surface area (Å²) in [6.45, 7) is 3.58. The minimum absolute atomic E-state index is 0.000166. The third-order valence-corrected chi connectivity index (χ3v) is 4.83. The van der Waals surface area contributed by atoms with E-state index < -0.39 is 6.43 Å². The quantitative estimate of drug-likeness (QED) is 0.667. The molecule has 2 aromatic heterocycles. The molecule has 0 spiro atoms. The number of pyridine rings is 1. The van der Waals surface area contributed by atoms with Crippen LogP contribution in [0.1, 0.15) is 23.4 Å². The lowest BCUT2D eigenvalue weighted by Gasteiger charge is -2.27. The molecule has 1 aromatic carbocycles. The van der Waals surface area contributed by atoms with E-state index >= 15 is 0 Å². The number of carbonyl (C=O) groups is 1. The number of anilines is 1. The van der Waals surface area contributed by atoms with Crippen molar-refractivity contribution in [2.45, 2.75) is 20.0 Å². The number of amides is 1. The highest BCUT2D eigenvalue weighted by Gasteiger charge is 2.19. The number of halogens is 2. The molecule has 3 aromatic rings. The summed E-state index contributed by atoms with van der Waals surface area (Å²) in [4.78, 5) is 17.9. The summed E-state index contributed by atoms with van der Waals surface area (Å²) in [6.07, 6.45) is -0.922. The Bertz CT molecular complexity index is 1020. The first-order valence-corrected chi connectivity index (χ1v) is 9.42. The minimum Gasteiger partial charge on any atom is -0.471 e. The zero-order valence-corrected chi connectivity index (χ0v) is 16.3. The highest BCUT2D eigenvalue weighted by Crippen LogP contribution is 2.22. The average Bonchev–Trinajstić information content (AvgIpc) is 3.13. The molecule has 3 heterocycles. The molecule has 0 bridgehead atoms. The molecule has 0 aliphatic carbocycles. The van der Waals surface area contributed by atoms with Gasteiger partial charge >= 0.3 is 0 Å². The Morgan fingerprint density at radius 1 is 1.17 bits per heavy atom. The number of benzene rings is 1. The first kappa shape index (κ1) is 19.9. The Hall–Kier alpha value is -3.40. The van der Waals surface area contributed by atoms with E-state index in [1.54, 1.807) is 47.0 Å². The van der Waals surface area contributed by atoms with Gasteiger partial charge in [0.15, 0.2) is 0 Å². The number of nitrogens with zero attached hydrogens (tertiary/aromatic N) is 5. The van der Waals surface area contributed by atoms with Crippen molar-refractivity contribution in [2.24, 2.45) is 0 Å². The van der Waals surface area contributed by atoms with Gasteiger partial charge in [-0.15, -0.1) is 5.10 Å². The summed E-state index contributed by atoms with van der Waals surface area (Å²) in [5.74, 6) is 0.390. The van der Waals surface area contributed by atoms with Gasteiger partial charge in [0.1, 0.15) is 12.3 Å². The summed E-state index contributed by atoms with van der Waals surface area (Å²) in [6, 6.07) is 9.34. The van der Waals surface area contributed by atoms with Gasteiger partial charge in [-0.2, -0.15) is 0 Å². The number of aromatic nitrogens is 4. The van der Waals surface area contributed by atoms with Crippen molar-refractivity contribution in [1.29, 1.82) is 0 Å². The van der Waals surface area contributed by atoms with E-state index in [0.29, 0.717) is 36.0 Å². The molecule has 0 saturated carbocycles. The van der Waals surface area contributed by atoms with Crippen LogP contribution in [0.2, 0.25) is 0 Å². The molecule has 1 fully saturated rings. The van der Waals surface area contributed by atoms with Crippen molar-refractivity contribution in [2.75, 3.05) is 24.5 Å². The number of ether oxygens (including phenoxy) is 1. The number of alkyl halides is 2. The van der Waals surface area contributed by atoms with Crippen LogP contribution in [0, 0.1) is 6.92 Å². The molecule has 30 heavy (non-hydrogen) atoms. The van der Waals surface area contributed by atoms with Crippen molar-refractivity contribution in [3.8, 4) is 11.6 Å².